The monoisotopic (exact) mass is 529 g/mol. The third-order valence-electron chi connectivity index (χ3n) is 5.72. The summed E-state index contributed by atoms with van der Waals surface area (Å²) in [6, 6.07) is 7.82. The number of hydrogen-bond acceptors (Lipinski definition) is 8. The third kappa shape index (κ3) is 7.36. The van der Waals surface area contributed by atoms with Crippen molar-refractivity contribution in [1.29, 1.82) is 0 Å². The van der Waals surface area contributed by atoms with Gasteiger partial charge >= 0.3 is 0 Å². The summed E-state index contributed by atoms with van der Waals surface area (Å²) in [5, 5.41) is 6.69. The molecule has 2 aromatic carbocycles. The Labute approximate surface area is 219 Å². The smallest absolute Gasteiger partial charge is 0.248 e. The van der Waals surface area contributed by atoms with Gasteiger partial charge in [-0.05, 0) is 31.3 Å². The highest BCUT2D eigenvalue weighted by Crippen LogP contribution is 2.35. The lowest BCUT2D eigenvalue weighted by molar-refractivity contribution is -0.111. The van der Waals surface area contributed by atoms with Crippen molar-refractivity contribution in [3.05, 3.63) is 59.7 Å². The molecule has 0 bridgehead atoms. The Kier molecular flexibility index (Phi) is 9.24. The van der Waals surface area contributed by atoms with Crippen molar-refractivity contribution in [3.63, 3.8) is 0 Å². The molecule has 196 valence electrons. The number of carbonyl (C=O) groups is 1. The molecule has 1 aliphatic rings. The van der Waals surface area contributed by atoms with E-state index in [0.717, 1.165) is 13.0 Å². The number of benzene rings is 2. The van der Waals surface area contributed by atoms with Crippen LogP contribution < -0.4 is 15.4 Å². The van der Waals surface area contributed by atoms with E-state index in [2.05, 4.69) is 20.6 Å². The molecule has 1 fully saturated rings. The van der Waals surface area contributed by atoms with Gasteiger partial charge in [-0.15, -0.1) is 0 Å². The highest BCUT2D eigenvalue weighted by Gasteiger charge is 2.21. The Balaban J connectivity index is 1.60. The zero-order chi connectivity index (χ0) is 26.2. The number of methoxy groups -OCH3 is 1. The van der Waals surface area contributed by atoms with Crippen LogP contribution in [-0.2, 0) is 14.3 Å². The topological polar surface area (TPSA) is 97.8 Å². The van der Waals surface area contributed by atoms with E-state index in [9.17, 15) is 9.18 Å². The number of fused-ring (bicyclic) bond motifs is 1. The number of hydrogen-bond donors (Lipinski definition) is 2. The summed E-state index contributed by atoms with van der Waals surface area (Å²) in [7, 11) is 3.60. The Hall–Kier alpha value is -3.31. The first-order chi connectivity index (χ1) is 17.9. The SMILES string of the molecule is COCCN(C)C/C=C/C(=O)Nc1cc2c(Nc3ccc(F)c(Cl)c3)ncnc2cc1OC1CCOC1. The van der Waals surface area contributed by atoms with E-state index in [-0.39, 0.29) is 17.0 Å². The minimum atomic E-state index is -0.514. The van der Waals surface area contributed by atoms with Gasteiger partial charge in [0, 0.05) is 49.8 Å². The summed E-state index contributed by atoms with van der Waals surface area (Å²) in [6.45, 7) is 3.06. The molecule has 1 aliphatic heterocycles. The van der Waals surface area contributed by atoms with Crippen molar-refractivity contribution in [2.45, 2.75) is 12.5 Å². The molecule has 2 N–H and O–H groups in total. The Morgan fingerprint density at radius 2 is 2.19 bits per heavy atom. The summed E-state index contributed by atoms with van der Waals surface area (Å²) < 4.78 is 30.3. The van der Waals surface area contributed by atoms with Gasteiger partial charge < -0.3 is 29.7 Å². The van der Waals surface area contributed by atoms with Crippen molar-refractivity contribution in [2.75, 3.05) is 57.7 Å². The fraction of sp³-hybridized carbons (Fsp3) is 0.346. The normalized spacial score (nSPS) is 15.5. The van der Waals surface area contributed by atoms with Gasteiger partial charge in [0.1, 0.15) is 29.8 Å². The van der Waals surface area contributed by atoms with Crippen LogP contribution in [0.1, 0.15) is 6.42 Å². The minimum absolute atomic E-state index is 0.00886. The maximum Gasteiger partial charge on any atom is 0.248 e. The molecule has 9 nitrogen and oxygen atoms in total. The second-order valence-electron chi connectivity index (χ2n) is 8.59. The molecule has 1 aromatic heterocycles. The Morgan fingerprint density at radius 3 is 2.95 bits per heavy atom. The average Bonchev–Trinajstić information content (AvgIpc) is 3.39. The second kappa shape index (κ2) is 12.8. The molecule has 4 rings (SSSR count). The van der Waals surface area contributed by atoms with Crippen LogP contribution in [0, 0.1) is 5.82 Å². The largest absolute Gasteiger partial charge is 0.486 e. The highest BCUT2D eigenvalue weighted by molar-refractivity contribution is 6.31. The molecule has 0 saturated carbocycles. The highest BCUT2D eigenvalue weighted by atomic mass is 35.5. The lowest BCUT2D eigenvalue weighted by atomic mass is 10.1. The van der Waals surface area contributed by atoms with Crippen molar-refractivity contribution < 1.29 is 23.4 Å². The van der Waals surface area contributed by atoms with Crippen LogP contribution in [0.15, 0.2) is 48.8 Å². The number of aromatic nitrogens is 2. The minimum Gasteiger partial charge on any atom is -0.486 e. The summed E-state index contributed by atoms with van der Waals surface area (Å²) in [4.78, 5) is 23.5. The fourth-order valence-corrected chi connectivity index (χ4v) is 3.91. The molecule has 1 unspecified atom stereocenters. The molecule has 0 aliphatic carbocycles. The molecule has 2 heterocycles. The summed E-state index contributed by atoms with van der Waals surface area (Å²) in [6.07, 6.45) is 5.31. The van der Waals surface area contributed by atoms with Gasteiger partial charge in [0.25, 0.3) is 0 Å². The quantitative estimate of drug-likeness (QED) is 0.353. The first-order valence-electron chi connectivity index (χ1n) is 11.8. The molecule has 0 spiro atoms. The van der Waals surface area contributed by atoms with Crippen LogP contribution in [0.5, 0.6) is 5.75 Å². The van der Waals surface area contributed by atoms with Crippen LogP contribution in [0.3, 0.4) is 0 Å². The molecule has 11 heteroatoms. The zero-order valence-electron chi connectivity index (χ0n) is 20.7. The molecule has 1 amide bonds. The fourth-order valence-electron chi connectivity index (χ4n) is 3.73. The van der Waals surface area contributed by atoms with Crippen LogP contribution in [0.25, 0.3) is 10.9 Å². The third-order valence-corrected chi connectivity index (χ3v) is 6.01. The second-order valence-corrected chi connectivity index (χ2v) is 9.00. The molecule has 0 radical (unpaired) electrons. The summed E-state index contributed by atoms with van der Waals surface area (Å²) >= 11 is 5.93. The van der Waals surface area contributed by atoms with Gasteiger partial charge in [0.2, 0.25) is 5.91 Å². The maximum atomic E-state index is 13.6. The van der Waals surface area contributed by atoms with Crippen LogP contribution in [0.2, 0.25) is 5.02 Å². The van der Waals surface area contributed by atoms with Crippen molar-refractivity contribution in [1.82, 2.24) is 14.9 Å². The number of anilines is 3. The molecular formula is C26H29ClFN5O4. The zero-order valence-corrected chi connectivity index (χ0v) is 21.4. The van der Waals surface area contributed by atoms with Crippen molar-refractivity contribution in [2.24, 2.45) is 0 Å². The molecule has 1 atom stereocenters. The Bertz CT molecular complexity index is 1270. The lowest BCUT2D eigenvalue weighted by Gasteiger charge is -2.18. The van der Waals surface area contributed by atoms with Crippen LogP contribution >= 0.6 is 11.6 Å². The number of ether oxygens (including phenoxy) is 3. The van der Waals surface area contributed by atoms with Crippen LogP contribution in [-0.4, -0.2) is 73.9 Å². The standard InChI is InChI=1S/C26H29ClFN5O4/c1-33(9-11-35-2)8-3-4-25(34)32-23-13-19-22(14-24(23)37-18-7-10-36-15-18)29-16-30-26(19)31-17-5-6-21(28)20(27)12-17/h3-6,12-14,16,18H,7-11,15H2,1-2H3,(H,32,34)(H,29,30,31)/b4-3+. The summed E-state index contributed by atoms with van der Waals surface area (Å²) in [5.74, 6) is 0.134. The number of nitrogens with zero attached hydrogens (tertiary/aromatic N) is 3. The number of likely N-dealkylation sites (N-methyl/N-ethyl adjacent to an activating group) is 1. The predicted octanol–water partition coefficient (Wildman–Crippen LogP) is 4.41. The van der Waals surface area contributed by atoms with E-state index in [4.69, 9.17) is 25.8 Å². The van der Waals surface area contributed by atoms with Gasteiger partial charge in [-0.25, -0.2) is 14.4 Å². The molecule has 3 aromatic rings. The maximum absolute atomic E-state index is 13.6. The first-order valence-corrected chi connectivity index (χ1v) is 12.2. The first kappa shape index (κ1) is 26.7. The van der Waals surface area contributed by atoms with Crippen LogP contribution in [0.4, 0.5) is 21.6 Å². The molecular weight excluding hydrogens is 501 g/mol. The van der Waals surface area contributed by atoms with E-state index in [1.54, 1.807) is 31.4 Å². The van der Waals surface area contributed by atoms with E-state index in [1.165, 1.54) is 24.5 Å². The number of amides is 1. The van der Waals surface area contributed by atoms with Gasteiger partial charge in [0.15, 0.2) is 0 Å². The van der Waals surface area contributed by atoms with Crippen molar-refractivity contribution in [3.8, 4) is 5.75 Å². The Morgan fingerprint density at radius 1 is 1.32 bits per heavy atom. The number of carbonyl (C=O) groups excluding carboxylic acids is 1. The van der Waals surface area contributed by atoms with Gasteiger partial charge in [-0.1, -0.05) is 17.7 Å². The number of nitrogens with one attached hydrogen (secondary N) is 2. The number of rotatable bonds is 11. The van der Waals surface area contributed by atoms with Gasteiger partial charge in [0.05, 0.1) is 36.0 Å². The van der Waals surface area contributed by atoms with E-state index < -0.39 is 5.82 Å². The van der Waals surface area contributed by atoms with E-state index in [0.29, 0.717) is 60.2 Å². The molecule has 37 heavy (non-hydrogen) atoms. The van der Waals surface area contributed by atoms with Gasteiger partial charge in [-0.2, -0.15) is 0 Å². The summed E-state index contributed by atoms with van der Waals surface area (Å²) in [5.41, 5.74) is 1.63. The molecule has 1 saturated heterocycles. The van der Waals surface area contributed by atoms with Gasteiger partial charge in [-0.3, -0.25) is 4.79 Å². The average molecular weight is 530 g/mol. The predicted molar refractivity (Wildman–Crippen MR) is 141 cm³/mol. The van der Waals surface area contributed by atoms with Crippen molar-refractivity contribution >= 4 is 45.6 Å². The van der Waals surface area contributed by atoms with E-state index in [1.807, 2.05) is 11.9 Å². The lowest BCUT2D eigenvalue weighted by Crippen LogP contribution is -2.23. The van der Waals surface area contributed by atoms with E-state index >= 15 is 0 Å². The number of halogens is 2.